The number of aryl methyl sites for hydroxylation is 2. The van der Waals surface area contributed by atoms with Gasteiger partial charge in [0, 0.05) is 6.54 Å². The molecule has 0 spiro atoms. The van der Waals surface area contributed by atoms with Gasteiger partial charge in [-0.2, -0.15) is 0 Å². The van der Waals surface area contributed by atoms with Crippen LogP contribution in [0.3, 0.4) is 0 Å². The molecule has 1 atom stereocenters. The number of benzene rings is 1. The highest BCUT2D eigenvalue weighted by Gasteiger charge is 2.05. The molecule has 1 rings (SSSR count). The van der Waals surface area contributed by atoms with E-state index >= 15 is 0 Å². The molecule has 0 radical (unpaired) electrons. The minimum Gasteiger partial charge on any atom is -0.493 e. The fourth-order valence-electron chi connectivity index (χ4n) is 1.74. The smallest absolute Gasteiger partial charge is 0.119 e. The van der Waals surface area contributed by atoms with Crippen LogP contribution in [-0.4, -0.2) is 24.4 Å². The van der Waals surface area contributed by atoms with E-state index in [4.69, 9.17) is 10.5 Å². The Balaban J connectivity index is 2.56. The van der Waals surface area contributed by atoms with Crippen LogP contribution in [0.1, 0.15) is 31.4 Å². The molecule has 0 saturated heterocycles. The van der Waals surface area contributed by atoms with Crippen molar-refractivity contribution in [2.24, 2.45) is 11.7 Å². The average Bonchev–Trinajstić information content (AvgIpc) is 2.34. The van der Waals surface area contributed by atoms with E-state index in [-0.39, 0.29) is 0 Å². The Hall–Kier alpha value is -1.06. The Bertz CT molecular complexity index is 364. The summed E-state index contributed by atoms with van der Waals surface area (Å²) in [6, 6.07) is 6.14. The molecule has 0 aliphatic carbocycles. The summed E-state index contributed by atoms with van der Waals surface area (Å²) >= 11 is 0. The van der Waals surface area contributed by atoms with Crippen molar-refractivity contribution in [1.29, 1.82) is 0 Å². The summed E-state index contributed by atoms with van der Waals surface area (Å²) in [5, 5.41) is 9.46. The molecule has 0 aliphatic heterocycles. The van der Waals surface area contributed by atoms with Gasteiger partial charge in [-0.25, -0.2) is 0 Å². The van der Waals surface area contributed by atoms with E-state index in [0.29, 0.717) is 18.9 Å². The third-order valence-electron chi connectivity index (χ3n) is 2.92. The zero-order chi connectivity index (χ0) is 13.5. The maximum Gasteiger partial charge on any atom is 0.119 e. The first-order chi connectivity index (χ1) is 8.52. The summed E-state index contributed by atoms with van der Waals surface area (Å²) in [6.07, 6.45) is 1.17. The van der Waals surface area contributed by atoms with Crippen LogP contribution in [0.15, 0.2) is 18.2 Å². The van der Waals surface area contributed by atoms with E-state index in [1.807, 2.05) is 6.07 Å². The molecular weight excluding hydrogens is 226 g/mol. The van der Waals surface area contributed by atoms with E-state index in [0.717, 1.165) is 18.8 Å². The molecule has 102 valence electrons. The first-order valence-corrected chi connectivity index (χ1v) is 6.63. The minimum absolute atomic E-state index is 0.328. The molecule has 0 saturated carbocycles. The topological polar surface area (TPSA) is 55.5 Å². The maximum absolute atomic E-state index is 9.46. The van der Waals surface area contributed by atoms with E-state index in [1.165, 1.54) is 11.1 Å². The number of aliphatic hydroxyl groups excluding tert-OH is 1. The predicted octanol–water partition coefficient (Wildman–Crippen LogP) is 2.28. The highest BCUT2D eigenvalue weighted by molar-refractivity contribution is 5.34. The van der Waals surface area contributed by atoms with Gasteiger partial charge >= 0.3 is 0 Å². The van der Waals surface area contributed by atoms with Crippen molar-refractivity contribution >= 4 is 0 Å². The molecule has 1 unspecified atom stereocenters. The van der Waals surface area contributed by atoms with Crippen LogP contribution in [0, 0.1) is 12.8 Å². The van der Waals surface area contributed by atoms with Crippen LogP contribution in [0.4, 0.5) is 0 Å². The summed E-state index contributed by atoms with van der Waals surface area (Å²) < 4.78 is 5.68. The molecule has 3 N–H and O–H groups in total. The van der Waals surface area contributed by atoms with E-state index in [1.54, 1.807) is 0 Å². The first kappa shape index (κ1) is 15.0. The molecule has 1 aromatic rings. The Kier molecular flexibility index (Phi) is 6.16. The number of rotatable bonds is 7. The lowest BCUT2D eigenvalue weighted by molar-refractivity contribution is 0.173. The second-order valence-corrected chi connectivity index (χ2v) is 5.22. The standard InChI is InChI=1S/C15H25NO2/c1-11(2)10-18-15-7-5-13(12(3)8-15)4-6-14(17)9-16/h5,7-8,11,14,17H,4,6,9-10,16H2,1-3H3. The van der Waals surface area contributed by atoms with Gasteiger partial charge in [-0.1, -0.05) is 19.9 Å². The summed E-state index contributed by atoms with van der Waals surface area (Å²) in [5.41, 5.74) is 7.85. The second-order valence-electron chi connectivity index (χ2n) is 5.22. The predicted molar refractivity (Wildman–Crippen MR) is 74.9 cm³/mol. The van der Waals surface area contributed by atoms with Gasteiger partial charge in [-0.15, -0.1) is 0 Å². The van der Waals surface area contributed by atoms with Crippen molar-refractivity contribution in [3.63, 3.8) is 0 Å². The van der Waals surface area contributed by atoms with Crippen LogP contribution in [0.25, 0.3) is 0 Å². The van der Waals surface area contributed by atoms with Gasteiger partial charge in [-0.05, 0) is 48.9 Å². The fourth-order valence-corrected chi connectivity index (χ4v) is 1.74. The Labute approximate surface area is 110 Å². The summed E-state index contributed by atoms with van der Waals surface area (Å²) in [4.78, 5) is 0. The third kappa shape index (κ3) is 5.07. The number of nitrogens with two attached hydrogens (primary N) is 1. The lowest BCUT2D eigenvalue weighted by Gasteiger charge is -2.13. The SMILES string of the molecule is Cc1cc(OCC(C)C)ccc1CCC(O)CN. The largest absolute Gasteiger partial charge is 0.493 e. The van der Waals surface area contributed by atoms with Gasteiger partial charge in [0.2, 0.25) is 0 Å². The van der Waals surface area contributed by atoms with Gasteiger partial charge in [0.15, 0.2) is 0 Å². The molecule has 3 nitrogen and oxygen atoms in total. The normalized spacial score (nSPS) is 12.8. The molecule has 0 heterocycles. The second kappa shape index (κ2) is 7.39. The summed E-state index contributed by atoms with van der Waals surface area (Å²) in [6.45, 7) is 7.41. The summed E-state index contributed by atoms with van der Waals surface area (Å²) in [5.74, 6) is 1.45. The van der Waals surface area contributed by atoms with Crippen LogP contribution >= 0.6 is 0 Å². The quantitative estimate of drug-likeness (QED) is 0.781. The monoisotopic (exact) mass is 251 g/mol. The molecule has 0 fully saturated rings. The van der Waals surface area contributed by atoms with Crippen LogP contribution in [0.5, 0.6) is 5.75 Å². The van der Waals surface area contributed by atoms with E-state index in [9.17, 15) is 5.11 Å². The number of ether oxygens (including phenoxy) is 1. The van der Waals surface area contributed by atoms with Gasteiger partial charge in [0.1, 0.15) is 5.75 Å². The lowest BCUT2D eigenvalue weighted by Crippen LogP contribution is -2.20. The molecule has 0 aliphatic rings. The first-order valence-electron chi connectivity index (χ1n) is 6.63. The zero-order valence-corrected chi connectivity index (χ0v) is 11.6. The van der Waals surface area contributed by atoms with E-state index < -0.39 is 6.10 Å². The van der Waals surface area contributed by atoms with Gasteiger partial charge in [-0.3, -0.25) is 0 Å². The summed E-state index contributed by atoms with van der Waals surface area (Å²) in [7, 11) is 0. The average molecular weight is 251 g/mol. The molecule has 1 aromatic carbocycles. The molecule has 18 heavy (non-hydrogen) atoms. The molecule has 0 amide bonds. The van der Waals surface area contributed by atoms with Crippen molar-refractivity contribution < 1.29 is 9.84 Å². The molecular formula is C15H25NO2. The van der Waals surface area contributed by atoms with Gasteiger partial charge in [0.05, 0.1) is 12.7 Å². The zero-order valence-electron chi connectivity index (χ0n) is 11.6. The minimum atomic E-state index is -0.402. The van der Waals surface area contributed by atoms with Gasteiger partial charge < -0.3 is 15.6 Å². The van der Waals surface area contributed by atoms with Crippen LogP contribution in [0.2, 0.25) is 0 Å². The highest BCUT2D eigenvalue weighted by Crippen LogP contribution is 2.19. The Morgan fingerprint density at radius 3 is 2.61 bits per heavy atom. The van der Waals surface area contributed by atoms with Crippen molar-refractivity contribution in [3.8, 4) is 5.75 Å². The van der Waals surface area contributed by atoms with Crippen molar-refractivity contribution in [2.75, 3.05) is 13.2 Å². The Morgan fingerprint density at radius 1 is 1.33 bits per heavy atom. The highest BCUT2D eigenvalue weighted by atomic mass is 16.5. The van der Waals surface area contributed by atoms with Crippen molar-refractivity contribution in [3.05, 3.63) is 29.3 Å². The van der Waals surface area contributed by atoms with Crippen LogP contribution < -0.4 is 10.5 Å². The van der Waals surface area contributed by atoms with Gasteiger partial charge in [0.25, 0.3) is 0 Å². The lowest BCUT2D eigenvalue weighted by atomic mass is 10.0. The van der Waals surface area contributed by atoms with Crippen molar-refractivity contribution in [1.82, 2.24) is 0 Å². The number of aliphatic hydroxyl groups is 1. The number of hydrogen-bond acceptors (Lipinski definition) is 3. The molecule has 0 bridgehead atoms. The third-order valence-corrected chi connectivity index (χ3v) is 2.92. The molecule has 3 heteroatoms. The van der Waals surface area contributed by atoms with Crippen LogP contribution in [-0.2, 0) is 6.42 Å². The van der Waals surface area contributed by atoms with Crippen molar-refractivity contribution in [2.45, 2.75) is 39.7 Å². The maximum atomic E-state index is 9.46. The van der Waals surface area contributed by atoms with E-state index in [2.05, 4.69) is 32.9 Å². The number of hydrogen-bond donors (Lipinski definition) is 2. The fraction of sp³-hybridized carbons (Fsp3) is 0.600. The molecule has 0 aromatic heterocycles. The Morgan fingerprint density at radius 2 is 2.06 bits per heavy atom.